The summed E-state index contributed by atoms with van der Waals surface area (Å²) in [7, 11) is 8.01. The van der Waals surface area contributed by atoms with Gasteiger partial charge in [0.25, 0.3) is 0 Å². The first kappa shape index (κ1) is 18.6. The second-order valence-corrected chi connectivity index (χ2v) is 7.29. The van der Waals surface area contributed by atoms with Gasteiger partial charge in [0, 0.05) is 34.7 Å². The maximum atomic E-state index is 4.65. The van der Waals surface area contributed by atoms with E-state index < -0.39 is 0 Å². The van der Waals surface area contributed by atoms with Gasteiger partial charge in [-0.3, -0.25) is 4.99 Å². The Hall–Kier alpha value is -1.78. The summed E-state index contributed by atoms with van der Waals surface area (Å²) in [5.41, 5.74) is 1.03. The third-order valence-corrected chi connectivity index (χ3v) is 4.92. The van der Waals surface area contributed by atoms with Crippen LogP contribution in [0.25, 0.3) is 0 Å². The Labute approximate surface area is 147 Å². The first-order valence-corrected chi connectivity index (χ1v) is 9.04. The Balaban J connectivity index is 1.86. The predicted molar refractivity (Wildman–Crippen MR) is 103 cm³/mol. The van der Waals surface area contributed by atoms with Gasteiger partial charge in [0.05, 0.1) is 12.2 Å². The number of aliphatic imine (C=N–C) groups is 1. The Bertz CT molecular complexity index is 532. The lowest BCUT2D eigenvalue weighted by atomic mass is 9.83. The molecular formula is C19H33N5. The molecule has 5 nitrogen and oxygen atoms in total. The van der Waals surface area contributed by atoms with Crippen molar-refractivity contribution in [1.82, 2.24) is 15.2 Å². The van der Waals surface area contributed by atoms with Crippen molar-refractivity contribution in [3.63, 3.8) is 0 Å². The van der Waals surface area contributed by atoms with E-state index in [2.05, 4.69) is 46.3 Å². The van der Waals surface area contributed by atoms with Crippen LogP contribution in [0, 0.1) is 11.8 Å². The quantitative estimate of drug-likeness (QED) is 0.665. The second kappa shape index (κ2) is 8.90. The molecule has 134 valence electrons. The zero-order chi connectivity index (χ0) is 17.5. The van der Waals surface area contributed by atoms with E-state index in [4.69, 9.17) is 0 Å². The third kappa shape index (κ3) is 5.39. The Morgan fingerprint density at radius 2 is 1.92 bits per heavy atom. The lowest BCUT2D eigenvalue weighted by Gasteiger charge is -2.31. The number of anilines is 1. The van der Waals surface area contributed by atoms with Gasteiger partial charge in [-0.1, -0.05) is 25.8 Å². The molecule has 1 heterocycles. The van der Waals surface area contributed by atoms with Gasteiger partial charge >= 0.3 is 0 Å². The molecule has 2 rings (SSSR count). The maximum absolute atomic E-state index is 4.65. The van der Waals surface area contributed by atoms with Gasteiger partial charge in [0.1, 0.15) is 5.82 Å². The minimum atomic E-state index is 0.695. The van der Waals surface area contributed by atoms with Crippen LogP contribution in [-0.2, 0) is 6.54 Å². The van der Waals surface area contributed by atoms with Gasteiger partial charge in [-0.15, -0.1) is 0 Å². The lowest BCUT2D eigenvalue weighted by Crippen LogP contribution is -2.41. The number of aromatic nitrogens is 1. The summed E-state index contributed by atoms with van der Waals surface area (Å²) in [5, 5.41) is 3.44. The van der Waals surface area contributed by atoms with E-state index in [0.717, 1.165) is 35.9 Å². The molecule has 0 atom stereocenters. The van der Waals surface area contributed by atoms with Crippen LogP contribution in [0.4, 0.5) is 5.82 Å². The molecule has 0 aliphatic heterocycles. The number of nitrogens with zero attached hydrogens (tertiary/aromatic N) is 4. The van der Waals surface area contributed by atoms with E-state index in [-0.39, 0.29) is 0 Å². The van der Waals surface area contributed by atoms with Crippen molar-refractivity contribution in [2.75, 3.05) is 39.6 Å². The Morgan fingerprint density at radius 1 is 1.21 bits per heavy atom. The molecular weight excluding hydrogens is 298 g/mol. The highest BCUT2D eigenvalue weighted by Gasteiger charge is 2.20. The number of guanidine groups is 1. The molecule has 0 saturated heterocycles. The van der Waals surface area contributed by atoms with Crippen LogP contribution in [-0.4, -0.2) is 50.6 Å². The van der Waals surface area contributed by atoms with Crippen molar-refractivity contribution >= 4 is 11.8 Å². The number of rotatable bonds is 5. The summed E-state index contributed by atoms with van der Waals surface area (Å²) in [4.78, 5) is 13.4. The minimum Gasteiger partial charge on any atom is -0.363 e. The number of nitrogens with one attached hydrogen (secondary N) is 1. The van der Waals surface area contributed by atoms with Gasteiger partial charge in [0.2, 0.25) is 0 Å². The average Bonchev–Trinajstić information content (AvgIpc) is 2.57. The number of pyridine rings is 1. The zero-order valence-corrected chi connectivity index (χ0v) is 15.9. The minimum absolute atomic E-state index is 0.695. The topological polar surface area (TPSA) is 43.8 Å². The molecule has 1 N–H and O–H groups in total. The fourth-order valence-electron chi connectivity index (χ4n) is 3.35. The lowest BCUT2D eigenvalue weighted by molar-refractivity contribution is 0.250. The maximum Gasteiger partial charge on any atom is 0.193 e. The first-order valence-electron chi connectivity index (χ1n) is 9.04. The highest BCUT2D eigenvalue weighted by atomic mass is 15.3. The van der Waals surface area contributed by atoms with E-state index in [1.807, 2.05) is 32.1 Å². The van der Waals surface area contributed by atoms with Crippen LogP contribution < -0.4 is 10.2 Å². The Kier molecular flexibility index (Phi) is 6.88. The molecule has 24 heavy (non-hydrogen) atoms. The Morgan fingerprint density at radius 3 is 2.54 bits per heavy atom. The summed E-state index contributed by atoms with van der Waals surface area (Å²) in [6, 6.07) is 6.12. The molecule has 0 aromatic carbocycles. The fourth-order valence-corrected chi connectivity index (χ4v) is 3.35. The highest BCUT2D eigenvalue weighted by Crippen LogP contribution is 2.28. The zero-order valence-electron chi connectivity index (χ0n) is 15.9. The summed E-state index contributed by atoms with van der Waals surface area (Å²) >= 11 is 0. The average molecular weight is 332 g/mol. The molecule has 1 aromatic heterocycles. The molecule has 1 fully saturated rings. The van der Waals surface area contributed by atoms with Crippen LogP contribution >= 0.6 is 0 Å². The summed E-state index contributed by atoms with van der Waals surface area (Å²) in [5.74, 6) is 3.62. The first-order chi connectivity index (χ1) is 11.5. The van der Waals surface area contributed by atoms with Gasteiger partial charge < -0.3 is 15.1 Å². The molecule has 0 amide bonds. The van der Waals surface area contributed by atoms with Crippen LogP contribution in [0.15, 0.2) is 23.2 Å². The van der Waals surface area contributed by atoms with Gasteiger partial charge in [-0.2, -0.15) is 0 Å². The molecule has 1 saturated carbocycles. The van der Waals surface area contributed by atoms with Crippen molar-refractivity contribution < 1.29 is 0 Å². The van der Waals surface area contributed by atoms with E-state index in [1.165, 1.54) is 25.7 Å². The van der Waals surface area contributed by atoms with Crippen LogP contribution in [0.2, 0.25) is 0 Å². The molecule has 1 aromatic rings. The third-order valence-electron chi connectivity index (χ3n) is 4.92. The SMILES string of the molecule is CN=C(NCc1cccc(N(C)C)n1)N(C)CC1CCC(C)CC1. The van der Waals surface area contributed by atoms with Gasteiger partial charge in [0.15, 0.2) is 5.96 Å². The van der Waals surface area contributed by atoms with Gasteiger partial charge in [-0.05, 0) is 36.8 Å². The van der Waals surface area contributed by atoms with Crippen molar-refractivity contribution in [3.05, 3.63) is 23.9 Å². The van der Waals surface area contributed by atoms with E-state index in [9.17, 15) is 0 Å². The molecule has 0 bridgehead atoms. The normalized spacial score (nSPS) is 21.5. The predicted octanol–water partition coefficient (Wildman–Crippen LogP) is 2.98. The largest absolute Gasteiger partial charge is 0.363 e. The van der Waals surface area contributed by atoms with Gasteiger partial charge in [-0.25, -0.2) is 4.98 Å². The summed E-state index contributed by atoms with van der Waals surface area (Å²) in [6.45, 7) is 4.15. The van der Waals surface area contributed by atoms with E-state index in [1.54, 1.807) is 0 Å². The van der Waals surface area contributed by atoms with E-state index >= 15 is 0 Å². The smallest absolute Gasteiger partial charge is 0.193 e. The van der Waals surface area contributed by atoms with Crippen LogP contribution in [0.1, 0.15) is 38.3 Å². The monoisotopic (exact) mass is 331 g/mol. The fraction of sp³-hybridized carbons (Fsp3) is 0.684. The summed E-state index contributed by atoms with van der Waals surface area (Å²) < 4.78 is 0. The van der Waals surface area contributed by atoms with Crippen molar-refractivity contribution in [2.24, 2.45) is 16.8 Å². The standard InChI is InChI=1S/C19H33N5/c1-15-9-11-16(12-10-15)14-24(5)19(20-2)21-13-17-7-6-8-18(22-17)23(3)4/h6-8,15-16H,9-14H2,1-5H3,(H,20,21). The number of hydrogen-bond donors (Lipinski definition) is 1. The molecule has 0 spiro atoms. The van der Waals surface area contributed by atoms with Crippen molar-refractivity contribution in [1.29, 1.82) is 0 Å². The second-order valence-electron chi connectivity index (χ2n) is 7.29. The van der Waals surface area contributed by atoms with Crippen molar-refractivity contribution in [3.8, 4) is 0 Å². The van der Waals surface area contributed by atoms with Crippen LogP contribution in [0.5, 0.6) is 0 Å². The number of hydrogen-bond acceptors (Lipinski definition) is 3. The highest BCUT2D eigenvalue weighted by molar-refractivity contribution is 5.79. The molecule has 0 radical (unpaired) electrons. The van der Waals surface area contributed by atoms with Crippen molar-refractivity contribution in [2.45, 2.75) is 39.2 Å². The molecule has 1 aliphatic carbocycles. The summed E-state index contributed by atoms with van der Waals surface area (Å²) in [6.07, 6.45) is 5.42. The molecule has 1 aliphatic rings. The van der Waals surface area contributed by atoms with E-state index in [0.29, 0.717) is 6.54 Å². The van der Waals surface area contributed by atoms with Crippen LogP contribution in [0.3, 0.4) is 0 Å². The molecule has 0 unspecified atom stereocenters. The molecule has 5 heteroatoms.